The van der Waals surface area contributed by atoms with Crippen molar-refractivity contribution in [1.82, 2.24) is 15.2 Å². The van der Waals surface area contributed by atoms with Gasteiger partial charge in [0.1, 0.15) is 5.56 Å². The number of H-pyrrole nitrogens is 1. The third-order valence-electron chi connectivity index (χ3n) is 4.51. The third kappa shape index (κ3) is 2.52. The number of nitrogens with one attached hydrogen (secondary N) is 2. The highest BCUT2D eigenvalue weighted by Gasteiger charge is 2.26. The Balaban J connectivity index is 2.02. The number of hydrogen-bond acceptors (Lipinski definition) is 3. The molecular formula is C17H21N3O2. The molecule has 5 nitrogen and oxygen atoms in total. The van der Waals surface area contributed by atoms with Crippen LogP contribution in [-0.2, 0) is 0 Å². The average Bonchev–Trinajstić information content (AvgIpc) is 2.54. The van der Waals surface area contributed by atoms with Crippen LogP contribution in [0.4, 0.5) is 0 Å². The summed E-state index contributed by atoms with van der Waals surface area (Å²) in [7, 11) is 1.91. The minimum absolute atomic E-state index is 0.163. The van der Waals surface area contributed by atoms with E-state index < -0.39 is 0 Å². The monoisotopic (exact) mass is 299 g/mol. The van der Waals surface area contributed by atoms with Gasteiger partial charge >= 0.3 is 0 Å². The van der Waals surface area contributed by atoms with E-state index in [2.05, 4.69) is 10.3 Å². The lowest BCUT2D eigenvalue weighted by atomic mass is 10.0. The Hall–Kier alpha value is -2.14. The SMILES string of the molecule is CNC1CCCN(C(=O)c2c(C)c3ccccc3[nH]c2=O)C1. The van der Waals surface area contributed by atoms with Crippen molar-refractivity contribution in [3.8, 4) is 0 Å². The number of aryl methyl sites for hydroxylation is 1. The van der Waals surface area contributed by atoms with Crippen molar-refractivity contribution in [2.45, 2.75) is 25.8 Å². The molecule has 2 aromatic rings. The topological polar surface area (TPSA) is 65.2 Å². The van der Waals surface area contributed by atoms with Crippen molar-refractivity contribution in [2.24, 2.45) is 0 Å². The van der Waals surface area contributed by atoms with Crippen LogP contribution in [-0.4, -0.2) is 42.0 Å². The molecule has 0 saturated carbocycles. The summed E-state index contributed by atoms with van der Waals surface area (Å²) in [4.78, 5) is 29.8. The van der Waals surface area contributed by atoms with E-state index in [4.69, 9.17) is 0 Å². The summed E-state index contributed by atoms with van der Waals surface area (Å²) < 4.78 is 0. The predicted molar refractivity (Wildman–Crippen MR) is 87.3 cm³/mol. The fraction of sp³-hybridized carbons (Fsp3) is 0.412. The number of pyridine rings is 1. The summed E-state index contributed by atoms with van der Waals surface area (Å²) in [5.41, 5.74) is 1.51. The first-order valence-electron chi connectivity index (χ1n) is 7.70. The van der Waals surface area contributed by atoms with Crippen LogP contribution in [0.25, 0.3) is 10.9 Å². The molecule has 1 fully saturated rings. The van der Waals surface area contributed by atoms with Crippen LogP contribution in [0.15, 0.2) is 29.1 Å². The van der Waals surface area contributed by atoms with Gasteiger partial charge in [-0.15, -0.1) is 0 Å². The standard InChI is InChI=1S/C17H21N3O2/c1-11-13-7-3-4-8-14(13)19-16(21)15(11)17(22)20-9-5-6-12(10-20)18-2/h3-4,7-8,12,18H,5-6,9-10H2,1-2H3,(H,19,21). The molecule has 0 bridgehead atoms. The van der Waals surface area contributed by atoms with E-state index >= 15 is 0 Å². The molecular weight excluding hydrogens is 278 g/mol. The van der Waals surface area contributed by atoms with Gasteiger partial charge < -0.3 is 15.2 Å². The van der Waals surface area contributed by atoms with Crippen LogP contribution < -0.4 is 10.9 Å². The number of rotatable bonds is 2. The summed E-state index contributed by atoms with van der Waals surface area (Å²) in [5.74, 6) is -0.163. The average molecular weight is 299 g/mol. The number of fused-ring (bicyclic) bond motifs is 1. The quantitative estimate of drug-likeness (QED) is 0.886. The van der Waals surface area contributed by atoms with Crippen molar-refractivity contribution in [3.05, 3.63) is 45.7 Å². The molecule has 3 rings (SSSR count). The summed E-state index contributed by atoms with van der Waals surface area (Å²) >= 11 is 0. The van der Waals surface area contributed by atoms with Gasteiger partial charge in [-0.1, -0.05) is 18.2 Å². The zero-order chi connectivity index (χ0) is 15.7. The van der Waals surface area contributed by atoms with Crippen LogP contribution in [0.5, 0.6) is 0 Å². The van der Waals surface area contributed by atoms with Gasteiger partial charge in [0.15, 0.2) is 0 Å². The molecule has 2 N–H and O–H groups in total. The van der Waals surface area contributed by atoms with Crippen LogP contribution in [0.3, 0.4) is 0 Å². The number of likely N-dealkylation sites (tertiary alicyclic amines) is 1. The van der Waals surface area contributed by atoms with Crippen molar-refractivity contribution in [3.63, 3.8) is 0 Å². The van der Waals surface area contributed by atoms with Gasteiger partial charge in [-0.3, -0.25) is 9.59 Å². The highest BCUT2D eigenvalue weighted by Crippen LogP contribution is 2.19. The fourth-order valence-corrected chi connectivity index (χ4v) is 3.22. The number of nitrogens with zero attached hydrogens (tertiary/aromatic N) is 1. The first-order valence-corrected chi connectivity index (χ1v) is 7.70. The van der Waals surface area contributed by atoms with Gasteiger partial charge in [0.2, 0.25) is 0 Å². The summed E-state index contributed by atoms with van der Waals surface area (Å²) in [6.07, 6.45) is 2.02. The van der Waals surface area contributed by atoms with Crippen molar-refractivity contribution in [1.29, 1.82) is 0 Å². The molecule has 1 aromatic carbocycles. The third-order valence-corrected chi connectivity index (χ3v) is 4.51. The van der Waals surface area contributed by atoms with Crippen LogP contribution in [0.1, 0.15) is 28.8 Å². The maximum atomic E-state index is 12.8. The zero-order valence-electron chi connectivity index (χ0n) is 13.0. The number of hydrogen-bond donors (Lipinski definition) is 2. The first kappa shape index (κ1) is 14.8. The molecule has 2 heterocycles. The highest BCUT2D eigenvalue weighted by molar-refractivity contribution is 5.99. The van der Waals surface area contributed by atoms with Crippen LogP contribution >= 0.6 is 0 Å². The molecule has 5 heteroatoms. The molecule has 0 aliphatic carbocycles. The van der Waals surface area contributed by atoms with E-state index in [1.165, 1.54) is 0 Å². The molecule has 1 unspecified atom stereocenters. The molecule has 0 radical (unpaired) electrons. The van der Waals surface area contributed by atoms with Gasteiger partial charge in [0.05, 0.1) is 0 Å². The lowest BCUT2D eigenvalue weighted by Crippen LogP contribution is -2.48. The van der Waals surface area contributed by atoms with E-state index in [1.807, 2.05) is 38.2 Å². The summed E-state index contributed by atoms with van der Waals surface area (Å²) in [6, 6.07) is 7.89. The molecule has 22 heavy (non-hydrogen) atoms. The number of para-hydroxylation sites is 1. The van der Waals surface area contributed by atoms with E-state index in [1.54, 1.807) is 4.90 Å². The Labute approximate surface area is 129 Å². The Bertz CT molecular complexity index is 766. The largest absolute Gasteiger partial charge is 0.337 e. The van der Waals surface area contributed by atoms with E-state index in [0.717, 1.165) is 29.3 Å². The Morgan fingerprint density at radius 1 is 1.36 bits per heavy atom. The van der Waals surface area contributed by atoms with E-state index in [0.29, 0.717) is 19.1 Å². The molecule has 1 aliphatic rings. The number of aromatic nitrogens is 1. The van der Waals surface area contributed by atoms with Crippen LogP contribution in [0, 0.1) is 6.92 Å². The maximum absolute atomic E-state index is 12.8. The van der Waals surface area contributed by atoms with Gasteiger partial charge in [-0.25, -0.2) is 0 Å². The number of benzene rings is 1. The summed E-state index contributed by atoms with van der Waals surface area (Å²) in [5, 5.41) is 4.14. The van der Waals surface area contributed by atoms with E-state index in [-0.39, 0.29) is 17.0 Å². The smallest absolute Gasteiger partial charge is 0.261 e. The second-order valence-corrected chi connectivity index (χ2v) is 5.88. The minimum atomic E-state index is -0.298. The normalized spacial score (nSPS) is 18.6. The van der Waals surface area contributed by atoms with Crippen molar-refractivity contribution in [2.75, 3.05) is 20.1 Å². The predicted octanol–water partition coefficient (Wildman–Crippen LogP) is 1.66. The second kappa shape index (κ2) is 5.93. The van der Waals surface area contributed by atoms with Gasteiger partial charge in [0, 0.05) is 30.0 Å². The number of aromatic amines is 1. The molecule has 0 spiro atoms. The second-order valence-electron chi connectivity index (χ2n) is 5.88. The number of carbonyl (C=O) groups is 1. The minimum Gasteiger partial charge on any atom is -0.337 e. The maximum Gasteiger partial charge on any atom is 0.261 e. The molecule has 1 aromatic heterocycles. The van der Waals surface area contributed by atoms with Gasteiger partial charge in [0.25, 0.3) is 11.5 Å². The molecule has 1 aliphatic heterocycles. The fourth-order valence-electron chi connectivity index (χ4n) is 3.22. The van der Waals surface area contributed by atoms with Crippen molar-refractivity contribution >= 4 is 16.8 Å². The Morgan fingerprint density at radius 3 is 2.91 bits per heavy atom. The zero-order valence-corrected chi connectivity index (χ0v) is 13.0. The molecule has 1 amide bonds. The highest BCUT2D eigenvalue weighted by atomic mass is 16.2. The number of likely N-dealkylation sites (N-methyl/N-ethyl adjacent to an activating group) is 1. The van der Waals surface area contributed by atoms with Gasteiger partial charge in [-0.05, 0) is 38.4 Å². The molecule has 1 atom stereocenters. The summed E-state index contributed by atoms with van der Waals surface area (Å²) in [6.45, 7) is 3.22. The number of carbonyl (C=O) groups excluding carboxylic acids is 1. The van der Waals surface area contributed by atoms with Gasteiger partial charge in [-0.2, -0.15) is 0 Å². The Morgan fingerprint density at radius 2 is 2.14 bits per heavy atom. The lowest BCUT2D eigenvalue weighted by Gasteiger charge is -2.32. The molecule has 1 saturated heterocycles. The van der Waals surface area contributed by atoms with Crippen LogP contribution in [0.2, 0.25) is 0 Å². The first-order chi connectivity index (χ1) is 10.6. The Kier molecular flexibility index (Phi) is 3.98. The lowest BCUT2D eigenvalue weighted by molar-refractivity contribution is 0.0696. The number of piperidine rings is 1. The van der Waals surface area contributed by atoms with Crippen molar-refractivity contribution < 1.29 is 4.79 Å². The van der Waals surface area contributed by atoms with E-state index in [9.17, 15) is 9.59 Å². The number of amides is 1. The molecule has 116 valence electrons.